The van der Waals surface area contributed by atoms with E-state index in [0.29, 0.717) is 0 Å². The van der Waals surface area contributed by atoms with E-state index in [9.17, 15) is 16.8 Å². The Hall–Kier alpha value is -0.180. The molecule has 0 aromatic carbocycles. The highest BCUT2D eigenvalue weighted by Gasteiger charge is 2.34. The predicted octanol–water partition coefficient (Wildman–Crippen LogP) is -0.794. The molecule has 0 amide bonds. The summed E-state index contributed by atoms with van der Waals surface area (Å²) in [4.78, 5) is 0. The van der Waals surface area contributed by atoms with Gasteiger partial charge >= 0.3 is 0 Å². The van der Waals surface area contributed by atoms with Gasteiger partial charge in [0.2, 0.25) is 20.0 Å². The Bertz CT molecular complexity index is 410. The Morgan fingerprint density at radius 3 is 1.87 bits per heavy atom. The summed E-state index contributed by atoms with van der Waals surface area (Å²) in [5.41, 5.74) is -0.977. The zero-order valence-corrected chi connectivity index (χ0v) is 11.2. The molecule has 0 radical (unpaired) electrons. The lowest BCUT2D eigenvalue weighted by atomic mass is 10.1. The van der Waals surface area contributed by atoms with Gasteiger partial charge in [-0.3, -0.25) is 0 Å². The largest absolute Gasteiger partial charge is 0.218 e. The fourth-order valence-corrected chi connectivity index (χ4v) is 3.39. The lowest BCUT2D eigenvalue weighted by molar-refractivity contribution is 0.295. The molecule has 0 bridgehead atoms. The minimum atomic E-state index is -3.44. The highest BCUT2D eigenvalue weighted by molar-refractivity contribution is 7.90. The SMILES string of the molecule is CNS(=O)(=O)CC(C)(C)N(C)S(C)(=O)=O. The zero-order chi connectivity index (χ0) is 12.5. The van der Waals surface area contributed by atoms with Gasteiger partial charge in [0.25, 0.3) is 0 Å². The lowest BCUT2D eigenvalue weighted by Gasteiger charge is -2.32. The molecule has 8 heteroatoms. The number of rotatable bonds is 5. The van der Waals surface area contributed by atoms with Crippen LogP contribution in [0.4, 0.5) is 0 Å². The molecule has 0 saturated heterocycles. The summed E-state index contributed by atoms with van der Waals surface area (Å²) in [5, 5.41) is 0. The molecule has 0 rings (SSSR count). The van der Waals surface area contributed by atoms with Crippen molar-refractivity contribution < 1.29 is 16.8 Å². The van der Waals surface area contributed by atoms with Crippen LogP contribution in [0.5, 0.6) is 0 Å². The molecule has 0 aromatic rings. The second kappa shape index (κ2) is 4.36. The van der Waals surface area contributed by atoms with Gasteiger partial charge in [0.1, 0.15) is 0 Å². The minimum Gasteiger partial charge on any atom is -0.218 e. The van der Waals surface area contributed by atoms with Crippen LogP contribution in [-0.2, 0) is 20.0 Å². The zero-order valence-electron chi connectivity index (χ0n) is 9.60. The molecule has 0 aromatic heterocycles. The molecule has 0 aliphatic carbocycles. The molecule has 0 aliphatic rings. The van der Waals surface area contributed by atoms with Crippen molar-refractivity contribution in [3.05, 3.63) is 0 Å². The topological polar surface area (TPSA) is 83.6 Å². The molecule has 92 valence electrons. The highest BCUT2D eigenvalue weighted by Crippen LogP contribution is 2.17. The Kier molecular flexibility index (Phi) is 4.31. The van der Waals surface area contributed by atoms with E-state index in [-0.39, 0.29) is 5.75 Å². The van der Waals surface area contributed by atoms with Gasteiger partial charge in [-0.05, 0) is 20.9 Å². The smallest absolute Gasteiger partial charge is 0.213 e. The average molecular weight is 258 g/mol. The highest BCUT2D eigenvalue weighted by atomic mass is 32.2. The standard InChI is InChI=1S/C7H18N2O4S2/c1-7(2,6-15(12,13)8-3)9(4)14(5,10)11/h8H,6H2,1-5H3. The van der Waals surface area contributed by atoms with Gasteiger partial charge in [0.15, 0.2) is 0 Å². The molecule has 1 N–H and O–H groups in total. The van der Waals surface area contributed by atoms with Crippen molar-refractivity contribution in [2.45, 2.75) is 19.4 Å². The third-order valence-corrected chi connectivity index (χ3v) is 5.40. The second-order valence-corrected chi connectivity index (χ2v) is 7.95. The van der Waals surface area contributed by atoms with E-state index in [1.54, 1.807) is 13.8 Å². The van der Waals surface area contributed by atoms with E-state index in [2.05, 4.69) is 4.72 Å². The first-order valence-electron chi connectivity index (χ1n) is 4.27. The minimum absolute atomic E-state index is 0.278. The van der Waals surface area contributed by atoms with E-state index >= 15 is 0 Å². The molecule has 6 nitrogen and oxygen atoms in total. The summed E-state index contributed by atoms with van der Waals surface area (Å²) in [6, 6.07) is 0. The number of sulfonamides is 2. The van der Waals surface area contributed by atoms with E-state index in [4.69, 9.17) is 0 Å². The summed E-state index contributed by atoms with van der Waals surface area (Å²) in [6.45, 7) is 3.12. The molecule has 15 heavy (non-hydrogen) atoms. The van der Waals surface area contributed by atoms with E-state index in [1.165, 1.54) is 14.1 Å². The first-order valence-corrected chi connectivity index (χ1v) is 7.78. The summed E-state index contributed by atoms with van der Waals surface area (Å²) in [6.07, 6.45) is 1.04. The molecule has 0 fully saturated rings. The quantitative estimate of drug-likeness (QED) is 0.700. The van der Waals surface area contributed by atoms with E-state index in [1.807, 2.05) is 0 Å². The maximum absolute atomic E-state index is 11.3. The third kappa shape index (κ3) is 4.45. The molecular formula is C7H18N2O4S2. The number of nitrogens with one attached hydrogen (secondary N) is 1. The van der Waals surface area contributed by atoms with Crippen LogP contribution in [0.25, 0.3) is 0 Å². The molecule has 0 saturated carbocycles. The van der Waals surface area contributed by atoms with Gasteiger partial charge in [-0.1, -0.05) is 0 Å². The van der Waals surface area contributed by atoms with Gasteiger partial charge in [-0.15, -0.1) is 0 Å². The van der Waals surface area contributed by atoms with Crippen molar-refractivity contribution in [1.29, 1.82) is 0 Å². The van der Waals surface area contributed by atoms with E-state index in [0.717, 1.165) is 10.6 Å². The van der Waals surface area contributed by atoms with Crippen molar-refractivity contribution >= 4 is 20.0 Å². The fraction of sp³-hybridized carbons (Fsp3) is 1.00. The Morgan fingerprint density at radius 2 is 1.60 bits per heavy atom. The van der Waals surface area contributed by atoms with Gasteiger partial charge in [0.05, 0.1) is 12.0 Å². The van der Waals surface area contributed by atoms with Crippen LogP contribution < -0.4 is 4.72 Å². The summed E-state index contributed by atoms with van der Waals surface area (Å²) < 4.78 is 48.4. The molecule has 0 atom stereocenters. The van der Waals surface area contributed by atoms with Crippen LogP contribution in [0.2, 0.25) is 0 Å². The predicted molar refractivity (Wildman–Crippen MR) is 59.5 cm³/mol. The maximum Gasteiger partial charge on any atom is 0.213 e. The van der Waals surface area contributed by atoms with Gasteiger partial charge in [0, 0.05) is 12.6 Å². The van der Waals surface area contributed by atoms with Crippen LogP contribution in [0.15, 0.2) is 0 Å². The molecule has 0 heterocycles. The van der Waals surface area contributed by atoms with Crippen LogP contribution in [0, 0.1) is 0 Å². The van der Waals surface area contributed by atoms with Crippen molar-refractivity contribution in [3.63, 3.8) is 0 Å². The number of hydrogen-bond acceptors (Lipinski definition) is 4. The molecule has 0 spiro atoms. The van der Waals surface area contributed by atoms with Gasteiger partial charge < -0.3 is 0 Å². The first kappa shape index (κ1) is 14.8. The lowest BCUT2D eigenvalue weighted by Crippen LogP contribution is -2.50. The third-order valence-electron chi connectivity index (χ3n) is 2.20. The van der Waals surface area contributed by atoms with Crippen molar-refractivity contribution in [2.75, 3.05) is 26.1 Å². The number of nitrogens with zero attached hydrogens (tertiary/aromatic N) is 1. The summed E-state index contributed by atoms with van der Waals surface area (Å²) in [5.74, 6) is -0.278. The second-order valence-electron chi connectivity index (χ2n) is 4.01. The first-order chi connectivity index (χ1) is 6.42. The Morgan fingerprint density at radius 1 is 1.20 bits per heavy atom. The van der Waals surface area contributed by atoms with Gasteiger partial charge in [-0.25, -0.2) is 21.6 Å². The Balaban J connectivity index is 5.02. The average Bonchev–Trinajstić information content (AvgIpc) is 1.99. The van der Waals surface area contributed by atoms with Crippen LogP contribution in [0.1, 0.15) is 13.8 Å². The van der Waals surface area contributed by atoms with Crippen LogP contribution in [-0.4, -0.2) is 52.8 Å². The fourth-order valence-electron chi connectivity index (χ4n) is 1.08. The van der Waals surface area contributed by atoms with E-state index < -0.39 is 25.6 Å². The molecular weight excluding hydrogens is 240 g/mol. The van der Waals surface area contributed by atoms with Crippen molar-refractivity contribution in [3.8, 4) is 0 Å². The summed E-state index contributed by atoms with van der Waals surface area (Å²) >= 11 is 0. The Labute approximate surface area is 91.8 Å². The normalized spacial score (nSPS) is 14.5. The van der Waals surface area contributed by atoms with Gasteiger partial charge in [-0.2, -0.15) is 4.31 Å². The molecule has 0 aliphatic heterocycles. The summed E-state index contributed by atoms with van der Waals surface area (Å²) in [7, 11) is -4.18. The van der Waals surface area contributed by atoms with Crippen molar-refractivity contribution in [1.82, 2.24) is 9.03 Å². The monoisotopic (exact) mass is 258 g/mol. The van der Waals surface area contributed by atoms with Crippen LogP contribution in [0.3, 0.4) is 0 Å². The van der Waals surface area contributed by atoms with Crippen molar-refractivity contribution in [2.24, 2.45) is 0 Å². The number of hydrogen-bond donors (Lipinski definition) is 1. The molecule has 0 unspecified atom stereocenters. The maximum atomic E-state index is 11.3. The van der Waals surface area contributed by atoms with Crippen LogP contribution >= 0.6 is 0 Å².